The minimum absolute atomic E-state index is 0.211. The smallest absolute Gasteiger partial charge is 0.497 e. The molecule has 3 rings (SSSR count). The van der Waals surface area contributed by atoms with Gasteiger partial charge >= 0.3 is 6.16 Å². The van der Waals surface area contributed by atoms with Crippen molar-refractivity contribution in [2.75, 3.05) is 24.4 Å². The van der Waals surface area contributed by atoms with Crippen LogP contribution in [0.2, 0.25) is 0 Å². The second-order valence-corrected chi connectivity index (χ2v) is 6.94. The largest absolute Gasteiger partial charge is 0.513 e. The SMILES string of the molecule is CCOC(=O)Oc1ccc(C(=O)Nc2ccc(NC(=O)/C=C/c3ccc(OC)cc3)cc2)cc1. The number of rotatable bonds is 8. The molecule has 0 aromatic heterocycles. The standard InChI is InChI=1S/C26H24N2O6/c1-3-33-26(31)34-23-15-7-19(8-16-23)25(30)28-21-11-9-20(10-12-21)27-24(29)17-6-18-4-13-22(32-2)14-5-18/h4-17H,3H2,1-2H3,(H,27,29)(H,28,30)/b17-6+. The topological polar surface area (TPSA) is 103 Å². The minimum Gasteiger partial charge on any atom is -0.497 e. The summed E-state index contributed by atoms with van der Waals surface area (Å²) in [5.74, 6) is 0.407. The highest BCUT2D eigenvalue weighted by Gasteiger charge is 2.09. The maximum Gasteiger partial charge on any atom is 0.513 e. The molecule has 2 amide bonds. The Kier molecular flexibility index (Phi) is 8.40. The zero-order chi connectivity index (χ0) is 24.3. The van der Waals surface area contributed by atoms with Crippen LogP contribution in [0.4, 0.5) is 16.2 Å². The molecule has 2 N–H and O–H groups in total. The third-order valence-corrected chi connectivity index (χ3v) is 4.53. The highest BCUT2D eigenvalue weighted by atomic mass is 16.7. The zero-order valence-corrected chi connectivity index (χ0v) is 18.7. The molecule has 0 aliphatic carbocycles. The van der Waals surface area contributed by atoms with Gasteiger partial charge in [0.2, 0.25) is 5.91 Å². The Labute approximate surface area is 197 Å². The van der Waals surface area contributed by atoms with E-state index < -0.39 is 6.16 Å². The second-order valence-electron chi connectivity index (χ2n) is 6.94. The molecule has 0 fully saturated rings. The maximum atomic E-state index is 12.4. The molecule has 174 valence electrons. The van der Waals surface area contributed by atoms with Crippen molar-refractivity contribution in [2.45, 2.75) is 6.92 Å². The van der Waals surface area contributed by atoms with E-state index in [-0.39, 0.29) is 24.2 Å². The van der Waals surface area contributed by atoms with Crippen LogP contribution in [0.15, 0.2) is 78.9 Å². The number of methoxy groups -OCH3 is 1. The van der Waals surface area contributed by atoms with Crippen molar-refractivity contribution in [3.63, 3.8) is 0 Å². The molecule has 0 spiro atoms. The number of amides is 2. The lowest BCUT2D eigenvalue weighted by Crippen LogP contribution is -2.13. The summed E-state index contributed by atoms with van der Waals surface area (Å²) in [7, 11) is 1.59. The molecule has 0 atom stereocenters. The third kappa shape index (κ3) is 7.23. The molecule has 0 heterocycles. The number of carbonyl (C=O) groups is 3. The Hall–Kier alpha value is -4.59. The average Bonchev–Trinajstić information content (AvgIpc) is 2.85. The molecule has 3 aromatic carbocycles. The first-order chi connectivity index (χ1) is 16.5. The molecule has 0 saturated heterocycles. The lowest BCUT2D eigenvalue weighted by atomic mass is 10.2. The third-order valence-electron chi connectivity index (χ3n) is 4.53. The van der Waals surface area contributed by atoms with E-state index in [1.54, 1.807) is 44.4 Å². The van der Waals surface area contributed by atoms with E-state index in [0.717, 1.165) is 11.3 Å². The van der Waals surface area contributed by atoms with E-state index in [0.29, 0.717) is 16.9 Å². The van der Waals surface area contributed by atoms with Gasteiger partial charge in [-0.15, -0.1) is 0 Å². The van der Waals surface area contributed by atoms with Crippen molar-refractivity contribution >= 4 is 35.4 Å². The molecule has 34 heavy (non-hydrogen) atoms. The van der Waals surface area contributed by atoms with Crippen LogP contribution < -0.4 is 20.1 Å². The predicted octanol–water partition coefficient (Wildman–Crippen LogP) is 5.13. The van der Waals surface area contributed by atoms with Crippen LogP contribution in [0, 0.1) is 0 Å². The maximum absolute atomic E-state index is 12.4. The van der Waals surface area contributed by atoms with Crippen molar-refractivity contribution in [3.05, 3.63) is 90.0 Å². The van der Waals surface area contributed by atoms with Crippen molar-refractivity contribution in [3.8, 4) is 11.5 Å². The normalized spacial score (nSPS) is 10.4. The van der Waals surface area contributed by atoms with Gasteiger partial charge in [-0.05, 0) is 79.2 Å². The lowest BCUT2D eigenvalue weighted by molar-refractivity contribution is -0.111. The van der Waals surface area contributed by atoms with Crippen molar-refractivity contribution in [1.82, 2.24) is 0 Å². The average molecular weight is 460 g/mol. The van der Waals surface area contributed by atoms with Crippen LogP contribution in [0.3, 0.4) is 0 Å². The summed E-state index contributed by atoms with van der Waals surface area (Å²) in [6.07, 6.45) is 2.34. The van der Waals surface area contributed by atoms with Crippen molar-refractivity contribution in [1.29, 1.82) is 0 Å². The highest BCUT2D eigenvalue weighted by Crippen LogP contribution is 2.17. The molecule has 0 aliphatic heterocycles. The Morgan fingerprint density at radius 2 is 1.38 bits per heavy atom. The van der Waals surface area contributed by atoms with Crippen LogP contribution in [-0.2, 0) is 9.53 Å². The van der Waals surface area contributed by atoms with Gasteiger partial charge in [-0.25, -0.2) is 4.79 Å². The summed E-state index contributed by atoms with van der Waals surface area (Å²) in [5.41, 5.74) is 2.40. The molecule has 0 unspecified atom stereocenters. The van der Waals surface area contributed by atoms with E-state index in [1.165, 1.54) is 30.3 Å². The number of anilines is 2. The summed E-state index contributed by atoms with van der Waals surface area (Å²) in [5, 5.41) is 5.53. The van der Waals surface area contributed by atoms with E-state index in [2.05, 4.69) is 10.6 Å². The number of hydrogen-bond acceptors (Lipinski definition) is 6. The van der Waals surface area contributed by atoms with Crippen molar-refractivity contribution < 1.29 is 28.6 Å². The summed E-state index contributed by atoms with van der Waals surface area (Å²) >= 11 is 0. The van der Waals surface area contributed by atoms with Gasteiger partial charge in [-0.1, -0.05) is 12.1 Å². The molecular formula is C26H24N2O6. The fourth-order valence-electron chi connectivity index (χ4n) is 2.83. The molecule has 8 heteroatoms. The number of hydrogen-bond donors (Lipinski definition) is 2. The Morgan fingerprint density at radius 3 is 1.97 bits per heavy atom. The molecule has 0 aliphatic rings. The van der Waals surface area contributed by atoms with E-state index in [9.17, 15) is 14.4 Å². The summed E-state index contributed by atoms with van der Waals surface area (Å²) < 4.78 is 14.8. The van der Waals surface area contributed by atoms with Gasteiger partial charge in [0.05, 0.1) is 13.7 Å². The van der Waals surface area contributed by atoms with Crippen LogP contribution in [0.5, 0.6) is 11.5 Å². The van der Waals surface area contributed by atoms with Gasteiger partial charge in [-0.3, -0.25) is 9.59 Å². The van der Waals surface area contributed by atoms with E-state index in [4.69, 9.17) is 14.2 Å². The summed E-state index contributed by atoms with van der Waals surface area (Å²) in [6.45, 7) is 1.89. The first kappa shape index (κ1) is 24.1. The molecule has 8 nitrogen and oxygen atoms in total. The minimum atomic E-state index is -0.803. The number of carbonyl (C=O) groups excluding carboxylic acids is 3. The van der Waals surface area contributed by atoms with E-state index >= 15 is 0 Å². The molecule has 0 bridgehead atoms. The van der Waals surface area contributed by atoms with Gasteiger partial charge in [0.1, 0.15) is 11.5 Å². The fourth-order valence-corrected chi connectivity index (χ4v) is 2.83. The molecule has 0 radical (unpaired) electrons. The van der Waals surface area contributed by atoms with Gasteiger partial charge < -0.3 is 24.8 Å². The number of ether oxygens (including phenoxy) is 3. The Bertz CT molecular complexity index is 1150. The number of nitrogens with one attached hydrogen (secondary N) is 2. The quantitative estimate of drug-likeness (QED) is 0.274. The first-order valence-corrected chi connectivity index (χ1v) is 10.5. The second kappa shape index (κ2) is 11.9. The molecule has 0 saturated carbocycles. The van der Waals surface area contributed by atoms with Gasteiger partial charge in [-0.2, -0.15) is 0 Å². The van der Waals surface area contributed by atoms with Crippen LogP contribution in [-0.4, -0.2) is 31.7 Å². The molecular weight excluding hydrogens is 436 g/mol. The predicted molar refractivity (Wildman–Crippen MR) is 129 cm³/mol. The number of benzene rings is 3. The van der Waals surface area contributed by atoms with Gasteiger partial charge in [0.25, 0.3) is 5.91 Å². The first-order valence-electron chi connectivity index (χ1n) is 10.5. The van der Waals surface area contributed by atoms with Gasteiger partial charge in [0, 0.05) is 23.0 Å². The lowest BCUT2D eigenvalue weighted by Gasteiger charge is -2.08. The van der Waals surface area contributed by atoms with Crippen LogP contribution in [0.1, 0.15) is 22.8 Å². The molecule has 3 aromatic rings. The highest BCUT2D eigenvalue weighted by molar-refractivity contribution is 6.05. The Morgan fingerprint density at radius 1 is 0.794 bits per heavy atom. The van der Waals surface area contributed by atoms with Crippen molar-refractivity contribution in [2.24, 2.45) is 0 Å². The van der Waals surface area contributed by atoms with Crippen LogP contribution in [0.25, 0.3) is 6.08 Å². The van der Waals surface area contributed by atoms with Gasteiger partial charge in [0.15, 0.2) is 0 Å². The summed E-state index contributed by atoms with van der Waals surface area (Å²) in [4.78, 5) is 35.9. The fraction of sp³-hybridized carbons (Fsp3) is 0.115. The zero-order valence-electron chi connectivity index (χ0n) is 18.7. The van der Waals surface area contributed by atoms with E-state index in [1.807, 2.05) is 24.3 Å². The van der Waals surface area contributed by atoms with Crippen LogP contribution >= 0.6 is 0 Å². The monoisotopic (exact) mass is 460 g/mol. The Balaban J connectivity index is 1.51. The summed E-state index contributed by atoms with van der Waals surface area (Å²) in [6, 6.07) is 20.1.